The number of hydrogen-bond acceptors (Lipinski definition) is 3. The highest BCUT2D eigenvalue weighted by Crippen LogP contribution is 2.34. The van der Waals surface area contributed by atoms with Crippen molar-refractivity contribution in [1.82, 2.24) is 0 Å². The van der Waals surface area contributed by atoms with Crippen molar-refractivity contribution in [2.24, 2.45) is 5.92 Å². The van der Waals surface area contributed by atoms with Crippen molar-refractivity contribution in [2.75, 3.05) is 13.7 Å². The fourth-order valence-corrected chi connectivity index (χ4v) is 2.93. The van der Waals surface area contributed by atoms with Gasteiger partial charge in [-0.3, -0.25) is 4.79 Å². The Balaban J connectivity index is 1.42. The summed E-state index contributed by atoms with van der Waals surface area (Å²) in [5, 5.41) is 0. The minimum atomic E-state index is -0.0897. The van der Waals surface area contributed by atoms with Crippen molar-refractivity contribution in [3.8, 4) is 5.75 Å². The van der Waals surface area contributed by atoms with Crippen LogP contribution < -0.4 is 4.74 Å². The van der Waals surface area contributed by atoms with Crippen LogP contribution in [0.1, 0.15) is 69.8 Å². The number of benzene rings is 1. The van der Waals surface area contributed by atoms with Crippen LogP contribution in [0.5, 0.6) is 5.75 Å². The summed E-state index contributed by atoms with van der Waals surface area (Å²) in [5.41, 5.74) is 1.07. The molecule has 0 amide bonds. The van der Waals surface area contributed by atoms with Gasteiger partial charge >= 0.3 is 5.97 Å². The molecule has 138 valence electrons. The van der Waals surface area contributed by atoms with Gasteiger partial charge in [0.15, 0.2) is 0 Å². The van der Waals surface area contributed by atoms with Gasteiger partial charge in [-0.05, 0) is 36.1 Å². The lowest BCUT2D eigenvalue weighted by atomic mass is 10.1. The van der Waals surface area contributed by atoms with Crippen molar-refractivity contribution < 1.29 is 14.3 Å². The summed E-state index contributed by atoms with van der Waals surface area (Å²) in [4.78, 5) is 11.7. The summed E-state index contributed by atoms with van der Waals surface area (Å²) < 4.78 is 10.4. The molecule has 1 fully saturated rings. The molecule has 0 heterocycles. The van der Waals surface area contributed by atoms with Crippen LogP contribution in [0.4, 0.5) is 0 Å². The zero-order chi connectivity index (χ0) is 17.7. The molecule has 1 saturated carbocycles. The van der Waals surface area contributed by atoms with E-state index >= 15 is 0 Å². The molecule has 1 aromatic carbocycles. The van der Waals surface area contributed by atoms with Gasteiger partial charge in [-0.1, -0.05) is 69.6 Å². The second kappa shape index (κ2) is 11.7. The van der Waals surface area contributed by atoms with Crippen molar-refractivity contribution in [2.45, 2.75) is 64.2 Å². The van der Waals surface area contributed by atoms with Gasteiger partial charge in [0.2, 0.25) is 0 Å². The summed E-state index contributed by atoms with van der Waals surface area (Å²) in [5.74, 6) is 1.81. The number of hydrogen-bond donors (Lipinski definition) is 0. The normalized spacial score (nSPS) is 14.0. The Labute approximate surface area is 152 Å². The van der Waals surface area contributed by atoms with E-state index in [1.165, 1.54) is 44.9 Å². The topological polar surface area (TPSA) is 35.5 Å². The third kappa shape index (κ3) is 9.33. The zero-order valence-electron chi connectivity index (χ0n) is 15.5. The predicted octanol–water partition coefficient (Wildman–Crippen LogP) is 5.78. The molecule has 0 unspecified atom stereocenters. The Morgan fingerprint density at radius 1 is 1.04 bits per heavy atom. The van der Waals surface area contributed by atoms with E-state index in [1.54, 1.807) is 7.11 Å². The quantitative estimate of drug-likeness (QED) is 0.336. The first-order valence-electron chi connectivity index (χ1n) is 9.74. The van der Waals surface area contributed by atoms with Crippen LogP contribution in [-0.4, -0.2) is 19.7 Å². The van der Waals surface area contributed by atoms with E-state index in [0.29, 0.717) is 13.0 Å². The van der Waals surface area contributed by atoms with Gasteiger partial charge in [0.1, 0.15) is 12.4 Å². The lowest BCUT2D eigenvalue weighted by Gasteiger charge is -2.03. The fourth-order valence-electron chi connectivity index (χ4n) is 2.93. The molecule has 25 heavy (non-hydrogen) atoms. The van der Waals surface area contributed by atoms with E-state index in [-0.39, 0.29) is 5.97 Å². The van der Waals surface area contributed by atoms with E-state index in [9.17, 15) is 4.79 Å². The Hall–Kier alpha value is -1.77. The zero-order valence-corrected chi connectivity index (χ0v) is 15.5. The number of esters is 1. The molecular formula is C22H32O3. The van der Waals surface area contributed by atoms with Gasteiger partial charge in [0.05, 0.1) is 7.11 Å². The van der Waals surface area contributed by atoms with E-state index in [4.69, 9.17) is 9.47 Å². The highest BCUT2D eigenvalue weighted by Gasteiger charge is 2.19. The van der Waals surface area contributed by atoms with Crippen LogP contribution >= 0.6 is 0 Å². The number of unbranched alkanes of at least 4 members (excludes halogenated alkanes) is 5. The van der Waals surface area contributed by atoms with Crippen LogP contribution in [0.25, 0.3) is 6.08 Å². The van der Waals surface area contributed by atoms with Crippen molar-refractivity contribution in [3.63, 3.8) is 0 Å². The summed E-state index contributed by atoms with van der Waals surface area (Å²) in [6, 6.07) is 7.78. The third-order valence-electron chi connectivity index (χ3n) is 4.71. The smallest absolute Gasteiger partial charge is 0.306 e. The van der Waals surface area contributed by atoms with Crippen LogP contribution in [0.3, 0.4) is 0 Å². The highest BCUT2D eigenvalue weighted by atomic mass is 16.5. The van der Waals surface area contributed by atoms with Gasteiger partial charge in [-0.2, -0.15) is 0 Å². The van der Waals surface area contributed by atoms with Gasteiger partial charge in [-0.15, -0.1) is 0 Å². The van der Waals surface area contributed by atoms with Gasteiger partial charge in [-0.25, -0.2) is 0 Å². The predicted molar refractivity (Wildman–Crippen MR) is 103 cm³/mol. The average Bonchev–Trinajstić information content (AvgIpc) is 3.46. The standard InChI is InChI=1S/C22H32O3/c1-24-21-16-14-20(15-17-21)10-8-18-25-22(23)11-7-5-3-2-4-6-9-19-12-13-19/h8,10,14-17,19H,2-7,9,11-13,18H2,1H3/b10-8+. The van der Waals surface area contributed by atoms with E-state index in [1.807, 2.05) is 36.4 Å². The lowest BCUT2D eigenvalue weighted by molar-refractivity contribution is -0.142. The summed E-state index contributed by atoms with van der Waals surface area (Å²) in [6.45, 7) is 0.339. The number of carbonyl (C=O) groups is 1. The Morgan fingerprint density at radius 2 is 1.72 bits per heavy atom. The van der Waals surface area contributed by atoms with E-state index < -0.39 is 0 Å². The van der Waals surface area contributed by atoms with Crippen molar-refractivity contribution in [1.29, 1.82) is 0 Å². The fraction of sp³-hybridized carbons (Fsp3) is 0.591. The largest absolute Gasteiger partial charge is 0.497 e. The molecule has 2 rings (SSSR count). The number of rotatable bonds is 13. The molecule has 0 spiro atoms. The maximum atomic E-state index is 11.7. The first-order chi connectivity index (χ1) is 12.3. The van der Waals surface area contributed by atoms with E-state index in [0.717, 1.165) is 30.1 Å². The number of ether oxygens (including phenoxy) is 2. The molecule has 1 aromatic rings. The van der Waals surface area contributed by atoms with Gasteiger partial charge in [0, 0.05) is 6.42 Å². The Bertz CT molecular complexity index is 515. The van der Waals surface area contributed by atoms with Crippen LogP contribution in [0.2, 0.25) is 0 Å². The molecule has 0 radical (unpaired) electrons. The average molecular weight is 344 g/mol. The maximum Gasteiger partial charge on any atom is 0.306 e. The molecule has 1 aliphatic rings. The molecule has 3 heteroatoms. The maximum absolute atomic E-state index is 11.7. The number of methoxy groups -OCH3 is 1. The Kier molecular flexibility index (Phi) is 9.17. The van der Waals surface area contributed by atoms with Crippen LogP contribution in [0, 0.1) is 5.92 Å². The van der Waals surface area contributed by atoms with Gasteiger partial charge < -0.3 is 9.47 Å². The summed E-state index contributed by atoms with van der Waals surface area (Å²) in [7, 11) is 1.65. The van der Waals surface area contributed by atoms with Crippen LogP contribution in [-0.2, 0) is 9.53 Å². The van der Waals surface area contributed by atoms with Gasteiger partial charge in [0.25, 0.3) is 0 Å². The number of carbonyl (C=O) groups excluding carboxylic acids is 1. The third-order valence-corrected chi connectivity index (χ3v) is 4.71. The monoisotopic (exact) mass is 344 g/mol. The minimum absolute atomic E-state index is 0.0897. The SMILES string of the molecule is COc1ccc(/C=C/COC(=O)CCCCCCCCC2CC2)cc1. The molecule has 1 aliphatic carbocycles. The Morgan fingerprint density at radius 3 is 2.40 bits per heavy atom. The lowest BCUT2D eigenvalue weighted by Crippen LogP contribution is -2.03. The molecule has 0 saturated heterocycles. The molecule has 0 atom stereocenters. The molecule has 0 N–H and O–H groups in total. The first-order valence-corrected chi connectivity index (χ1v) is 9.74. The second-order valence-corrected chi connectivity index (χ2v) is 6.96. The first kappa shape index (κ1) is 19.6. The molecule has 0 bridgehead atoms. The molecular weight excluding hydrogens is 312 g/mol. The highest BCUT2D eigenvalue weighted by molar-refractivity contribution is 5.69. The van der Waals surface area contributed by atoms with E-state index in [2.05, 4.69) is 0 Å². The molecule has 0 aliphatic heterocycles. The van der Waals surface area contributed by atoms with Crippen LogP contribution in [0.15, 0.2) is 30.3 Å². The second-order valence-electron chi connectivity index (χ2n) is 6.96. The van der Waals surface area contributed by atoms with Crippen molar-refractivity contribution >= 4 is 12.0 Å². The molecule has 0 aromatic heterocycles. The summed E-state index contributed by atoms with van der Waals surface area (Å²) >= 11 is 0. The van der Waals surface area contributed by atoms with Crippen molar-refractivity contribution in [3.05, 3.63) is 35.9 Å². The molecule has 3 nitrogen and oxygen atoms in total. The summed E-state index contributed by atoms with van der Waals surface area (Å²) in [6.07, 6.45) is 16.1. The minimum Gasteiger partial charge on any atom is -0.497 e.